The summed E-state index contributed by atoms with van der Waals surface area (Å²) in [6.45, 7) is 0.434. The van der Waals surface area contributed by atoms with Crippen molar-refractivity contribution in [2.75, 3.05) is 18.4 Å². The first kappa shape index (κ1) is 23.2. The summed E-state index contributed by atoms with van der Waals surface area (Å²) in [5.74, 6) is -2.80. The molecule has 1 aliphatic rings. The molecule has 1 heterocycles. The molecule has 1 unspecified atom stereocenters. The Labute approximate surface area is 181 Å². The third-order valence-electron chi connectivity index (χ3n) is 5.13. The second kappa shape index (κ2) is 9.37. The van der Waals surface area contributed by atoms with E-state index in [1.54, 1.807) is 13.0 Å². The lowest BCUT2D eigenvalue weighted by molar-refractivity contribution is -0.140. The molecule has 2 N–H and O–H groups in total. The van der Waals surface area contributed by atoms with Crippen LogP contribution >= 0.6 is 0 Å². The number of anilines is 1. The minimum absolute atomic E-state index is 0.148. The fourth-order valence-electron chi connectivity index (χ4n) is 3.48. The first-order chi connectivity index (χ1) is 15.1. The van der Waals surface area contributed by atoms with Gasteiger partial charge in [-0.15, -0.1) is 0 Å². The van der Waals surface area contributed by atoms with Gasteiger partial charge in [0.05, 0.1) is 5.56 Å². The van der Waals surface area contributed by atoms with E-state index in [0.717, 1.165) is 6.07 Å². The highest BCUT2D eigenvalue weighted by molar-refractivity contribution is 6.06. The monoisotopic (exact) mass is 451 g/mol. The van der Waals surface area contributed by atoms with Crippen LogP contribution in [0.3, 0.4) is 0 Å². The molecule has 0 spiro atoms. The normalized spacial score (nSPS) is 16.0. The molecular weight excluding hydrogens is 430 g/mol. The van der Waals surface area contributed by atoms with Crippen molar-refractivity contribution in [3.05, 3.63) is 65.0 Å². The average Bonchev–Trinajstić information content (AvgIpc) is 3.22. The molecule has 0 bridgehead atoms. The summed E-state index contributed by atoms with van der Waals surface area (Å²) in [6, 6.07) is 8.92. The number of alkyl halides is 3. The van der Waals surface area contributed by atoms with E-state index in [-0.39, 0.29) is 29.8 Å². The van der Waals surface area contributed by atoms with Gasteiger partial charge >= 0.3 is 6.18 Å². The molecule has 170 valence electrons. The molecule has 1 saturated heterocycles. The van der Waals surface area contributed by atoms with Crippen LogP contribution in [-0.4, -0.2) is 47.9 Å². The number of rotatable bonds is 5. The number of halogens is 4. The van der Waals surface area contributed by atoms with E-state index in [1.807, 2.05) is 5.32 Å². The van der Waals surface area contributed by atoms with E-state index in [2.05, 4.69) is 5.32 Å². The van der Waals surface area contributed by atoms with Crippen molar-refractivity contribution in [1.82, 2.24) is 10.2 Å². The molecule has 10 heteroatoms. The van der Waals surface area contributed by atoms with Crippen molar-refractivity contribution in [3.8, 4) is 0 Å². The van der Waals surface area contributed by atoms with Crippen molar-refractivity contribution in [2.24, 2.45) is 0 Å². The van der Waals surface area contributed by atoms with E-state index in [0.29, 0.717) is 12.0 Å². The zero-order valence-corrected chi connectivity index (χ0v) is 17.1. The van der Waals surface area contributed by atoms with Crippen LogP contribution in [0.5, 0.6) is 0 Å². The first-order valence-electron chi connectivity index (χ1n) is 9.89. The van der Waals surface area contributed by atoms with E-state index in [1.165, 1.54) is 35.2 Å². The van der Waals surface area contributed by atoms with Gasteiger partial charge < -0.3 is 15.5 Å². The Hall–Kier alpha value is -3.43. The van der Waals surface area contributed by atoms with Gasteiger partial charge in [0.1, 0.15) is 18.4 Å². The summed E-state index contributed by atoms with van der Waals surface area (Å²) in [5.41, 5.74) is 0.882. The highest BCUT2D eigenvalue weighted by Gasteiger charge is 2.36. The minimum atomic E-state index is -4.55. The highest BCUT2D eigenvalue weighted by Crippen LogP contribution is 2.24. The lowest BCUT2D eigenvalue weighted by Gasteiger charge is -2.24. The van der Waals surface area contributed by atoms with Crippen LogP contribution in [0.4, 0.5) is 23.2 Å². The topological polar surface area (TPSA) is 78.5 Å². The lowest BCUT2D eigenvalue weighted by atomic mass is 10.1. The van der Waals surface area contributed by atoms with Gasteiger partial charge in [0, 0.05) is 17.8 Å². The largest absolute Gasteiger partial charge is 0.405 e. The number of nitrogens with one attached hydrogen (secondary N) is 2. The van der Waals surface area contributed by atoms with Gasteiger partial charge in [-0.3, -0.25) is 14.4 Å². The van der Waals surface area contributed by atoms with Crippen LogP contribution in [0.2, 0.25) is 0 Å². The standard InChI is InChI=1S/C22H21F4N3O3/c1-13-8-9-14(11-17(13)28-19(30)15-5-2-3-6-16(15)23)21(32)29-10-4-7-18(29)20(31)27-12-22(24,25)26/h2-3,5-6,8-9,11,18H,4,7,10,12H2,1H3,(H,27,31)(H,28,30). The molecule has 1 fully saturated rings. The van der Waals surface area contributed by atoms with Gasteiger partial charge in [0.2, 0.25) is 5.91 Å². The Morgan fingerprint density at radius 3 is 2.53 bits per heavy atom. The Morgan fingerprint density at radius 2 is 1.84 bits per heavy atom. The molecule has 3 amide bonds. The minimum Gasteiger partial charge on any atom is -0.345 e. The Kier molecular flexibility index (Phi) is 6.81. The average molecular weight is 451 g/mol. The Morgan fingerprint density at radius 1 is 1.12 bits per heavy atom. The fraction of sp³-hybridized carbons (Fsp3) is 0.318. The molecular formula is C22H21F4N3O3. The summed E-state index contributed by atoms with van der Waals surface area (Å²) in [6.07, 6.45) is -3.83. The number of carbonyl (C=O) groups is 3. The number of carbonyl (C=O) groups excluding carboxylic acids is 3. The predicted molar refractivity (Wildman–Crippen MR) is 109 cm³/mol. The van der Waals surface area contributed by atoms with Crippen molar-refractivity contribution >= 4 is 23.4 Å². The molecule has 0 aliphatic carbocycles. The Bertz CT molecular complexity index is 1040. The van der Waals surface area contributed by atoms with Crippen LogP contribution in [-0.2, 0) is 4.79 Å². The molecule has 1 atom stereocenters. The van der Waals surface area contributed by atoms with E-state index >= 15 is 0 Å². The van der Waals surface area contributed by atoms with Crippen LogP contribution in [0.25, 0.3) is 0 Å². The smallest absolute Gasteiger partial charge is 0.345 e. The maximum Gasteiger partial charge on any atom is 0.405 e. The van der Waals surface area contributed by atoms with E-state index in [4.69, 9.17) is 0 Å². The molecule has 3 rings (SSSR count). The van der Waals surface area contributed by atoms with Gasteiger partial charge in [-0.2, -0.15) is 13.2 Å². The molecule has 32 heavy (non-hydrogen) atoms. The molecule has 6 nitrogen and oxygen atoms in total. The van der Waals surface area contributed by atoms with E-state index < -0.39 is 42.3 Å². The first-order valence-corrected chi connectivity index (χ1v) is 9.89. The molecule has 0 saturated carbocycles. The van der Waals surface area contributed by atoms with Gasteiger partial charge in [0.25, 0.3) is 11.8 Å². The van der Waals surface area contributed by atoms with Gasteiger partial charge in [-0.05, 0) is 49.6 Å². The lowest BCUT2D eigenvalue weighted by Crippen LogP contribution is -2.48. The molecule has 0 radical (unpaired) electrons. The Balaban J connectivity index is 1.76. The molecule has 0 aromatic heterocycles. The summed E-state index contributed by atoms with van der Waals surface area (Å²) in [4.78, 5) is 38.8. The van der Waals surface area contributed by atoms with Crippen LogP contribution in [0.1, 0.15) is 39.1 Å². The quantitative estimate of drug-likeness (QED) is 0.681. The number of benzene rings is 2. The number of nitrogens with zero attached hydrogens (tertiary/aromatic N) is 1. The maximum absolute atomic E-state index is 13.9. The zero-order valence-electron chi connectivity index (χ0n) is 17.1. The van der Waals surface area contributed by atoms with Crippen molar-refractivity contribution in [2.45, 2.75) is 32.0 Å². The summed E-state index contributed by atoms with van der Waals surface area (Å²) in [5, 5.41) is 4.39. The SMILES string of the molecule is Cc1ccc(C(=O)N2CCCC2C(=O)NCC(F)(F)F)cc1NC(=O)c1ccccc1F. The van der Waals surface area contributed by atoms with Crippen molar-refractivity contribution < 1.29 is 31.9 Å². The second-order valence-corrected chi connectivity index (χ2v) is 7.45. The van der Waals surface area contributed by atoms with Crippen LogP contribution < -0.4 is 10.6 Å². The molecule has 1 aliphatic heterocycles. The summed E-state index contributed by atoms with van der Waals surface area (Å²) in [7, 11) is 0. The molecule has 2 aromatic carbocycles. The van der Waals surface area contributed by atoms with Gasteiger partial charge in [-0.1, -0.05) is 18.2 Å². The van der Waals surface area contributed by atoms with Crippen molar-refractivity contribution in [1.29, 1.82) is 0 Å². The zero-order chi connectivity index (χ0) is 23.5. The third-order valence-corrected chi connectivity index (χ3v) is 5.13. The number of hydrogen-bond acceptors (Lipinski definition) is 3. The number of likely N-dealkylation sites (tertiary alicyclic amines) is 1. The summed E-state index contributed by atoms with van der Waals surface area (Å²) < 4.78 is 51.1. The fourth-order valence-corrected chi connectivity index (χ4v) is 3.48. The maximum atomic E-state index is 13.9. The number of amides is 3. The summed E-state index contributed by atoms with van der Waals surface area (Å²) >= 11 is 0. The predicted octanol–water partition coefficient (Wildman–Crippen LogP) is 3.67. The molecule has 2 aromatic rings. The highest BCUT2D eigenvalue weighted by atomic mass is 19.4. The van der Waals surface area contributed by atoms with Crippen LogP contribution in [0, 0.1) is 12.7 Å². The van der Waals surface area contributed by atoms with Crippen LogP contribution in [0.15, 0.2) is 42.5 Å². The number of hydrogen-bond donors (Lipinski definition) is 2. The van der Waals surface area contributed by atoms with Gasteiger partial charge in [0.15, 0.2) is 0 Å². The van der Waals surface area contributed by atoms with Crippen molar-refractivity contribution in [3.63, 3.8) is 0 Å². The third kappa shape index (κ3) is 5.43. The number of aryl methyl sites for hydroxylation is 1. The van der Waals surface area contributed by atoms with E-state index in [9.17, 15) is 31.9 Å². The second-order valence-electron chi connectivity index (χ2n) is 7.45. The van der Waals surface area contributed by atoms with Gasteiger partial charge in [-0.25, -0.2) is 4.39 Å².